The molecule has 2 aromatic rings. The Morgan fingerprint density at radius 1 is 1.28 bits per heavy atom. The normalized spacial score (nSPS) is 28.8. The molecule has 4 atom stereocenters. The molecule has 0 radical (unpaired) electrons. The monoisotopic (exact) mass is 421 g/mol. The highest BCUT2D eigenvalue weighted by molar-refractivity contribution is 7.89. The molecule has 4 rings (SSSR count). The molecule has 1 aliphatic heterocycles. The van der Waals surface area contributed by atoms with Crippen LogP contribution in [0.3, 0.4) is 0 Å². The van der Waals surface area contributed by atoms with E-state index in [4.69, 9.17) is 0 Å². The van der Waals surface area contributed by atoms with Crippen LogP contribution >= 0.6 is 0 Å². The van der Waals surface area contributed by atoms with Crippen molar-refractivity contribution in [2.24, 2.45) is 17.8 Å². The fraction of sp³-hybridized carbons (Fsp3) is 0.700. The minimum atomic E-state index is -3.25. The fourth-order valence-electron chi connectivity index (χ4n) is 5.12. The molecule has 1 saturated heterocycles. The van der Waals surface area contributed by atoms with Crippen molar-refractivity contribution in [3.63, 3.8) is 0 Å². The SMILES string of the molecule is CC1CC(CS(=O)(=O)N2CC[C@H](CO)C2)CCC1N(C)c1ncnc2[nH]ccc12. The topological polar surface area (TPSA) is 102 Å². The summed E-state index contributed by atoms with van der Waals surface area (Å²) in [6.07, 6.45) is 6.97. The number of aromatic nitrogens is 3. The second-order valence-electron chi connectivity index (χ2n) is 8.75. The lowest BCUT2D eigenvalue weighted by molar-refractivity contribution is 0.232. The van der Waals surface area contributed by atoms with E-state index in [0.717, 1.165) is 42.5 Å². The summed E-state index contributed by atoms with van der Waals surface area (Å²) in [7, 11) is -1.18. The maximum absolute atomic E-state index is 12.8. The van der Waals surface area contributed by atoms with E-state index in [0.29, 0.717) is 25.0 Å². The molecular weight excluding hydrogens is 390 g/mol. The van der Waals surface area contributed by atoms with Gasteiger partial charge in [0.15, 0.2) is 0 Å². The maximum atomic E-state index is 12.8. The highest BCUT2D eigenvalue weighted by Gasteiger charge is 2.37. The maximum Gasteiger partial charge on any atom is 0.214 e. The lowest BCUT2D eigenvalue weighted by atomic mass is 9.79. The summed E-state index contributed by atoms with van der Waals surface area (Å²) in [4.78, 5) is 14.1. The zero-order valence-electron chi connectivity index (χ0n) is 17.2. The number of fused-ring (bicyclic) bond motifs is 1. The summed E-state index contributed by atoms with van der Waals surface area (Å²) in [6.45, 7) is 3.29. The minimum Gasteiger partial charge on any atom is -0.396 e. The molecule has 2 aliphatic rings. The number of H-pyrrole nitrogens is 1. The molecule has 2 aromatic heterocycles. The molecule has 3 heterocycles. The third-order valence-electron chi connectivity index (χ3n) is 6.74. The number of hydrogen-bond acceptors (Lipinski definition) is 6. The molecule has 0 spiro atoms. The van der Waals surface area contributed by atoms with Crippen molar-refractivity contribution in [3.05, 3.63) is 18.6 Å². The van der Waals surface area contributed by atoms with Crippen LogP contribution in [0.15, 0.2) is 18.6 Å². The van der Waals surface area contributed by atoms with Crippen LogP contribution in [-0.2, 0) is 10.0 Å². The molecular formula is C20H31N5O3S. The van der Waals surface area contributed by atoms with Crippen LogP contribution < -0.4 is 4.90 Å². The van der Waals surface area contributed by atoms with E-state index in [-0.39, 0.29) is 24.2 Å². The first-order valence-corrected chi connectivity index (χ1v) is 12.1. The molecule has 29 heavy (non-hydrogen) atoms. The lowest BCUT2D eigenvalue weighted by Crippen LogP contribution is -2.43. The van der Waals surface area contributed by atoms with E-state index in [1.165, 1.54) is 0 Å². The van der Waals surface area contributed by atoms with Crippen molar-refractivity contribution in [1.82, 2.24) is 19.3 Å². The number of aliphatic hydroxyl groups is 1. The van der Waals surface area contributed by atoms with E-state index in [9.17, 15) is 13.5 Å². The Morgan fingerprint density at radius 2 is 2.10 bits per heavy atom. The van der Waals surface area contributed by atoms with Crippen molar-refractivity contribution in [3.8, 4) is 0 Å². The van der Waals surface area contributed by atoms with Crippen molar-refractivity contribution in [2.45, 2.75) is 38.6 Å². The highest BCUT2D eigenvalue weighted by atomic mass is 32.2. The van der Waals surface area contributed by atoms with Gasteiger partial charge in [-0.3, -0.25) is 0 Å². The van der Waals surface area contributed by atoms with E-state index in [1.807, 2.05) is 12.3 Å². The predicted octanol–water partition coefficient (Wildman–Crippen LogP) is 1.84. The second-order valence-corrected chi connectivity index (χ2v) is 10.8. The van der Waals surface area contributed by atoms with Gasteiger partial charge in [-0.25, -0.2) is 22.7 Å². The first-order chi connectivity index (χ1) is 13.9. The molecule has 8 nitrogen and oxygen atoms in total. The molecule has 0 aromatic carbocycles. The number of sulfonamides is 1. The van der Waals surface area contributed by atoms with Gasteiger partial charge in [-0.1, -0.05) is 6.92 Å². The quantitative estimate of drug-likeness (QED) is 0.738. The van der Waals surface area contributed by atoms with Gasteiger partial charge in [0.2, 0.25) is 10.0 Å². The standard InChI is InChI=1S/C20H31N5O3S/c1-14-9-15(12-29(27,28)25-8-6-16(10-25)11-26)3-4-18(14)24(2)20-17-5-7-21-19(17)22-13-23-20/h5,7,13-16,18,26H,3-4,6,8-12H2,1-2H3,(H,21,22,23)/t14?,15?,16-,18?/m0/s1. The van der Waals surface area contributed by atoms with E-state index in [1.54, 1.807) is 10.6 Å². The Kier molecular flexibility index (Phi) is 5.81. The average molecular weight is 422 g/mol. The predicted molar refractivity (Wildman–Crippen MR) is 113 cm³/mol. The lowest BCUT2D eigenvalue weighted by Gasteiger charge is -2.40. The summed E-state index contributed by atoms with van der Waals surface area (Å²) < 4.78 is 27.3. The van der Waals surface area contributed by atoms with Crippen molar-refractivity contribution >= 4 is 26.9 Å². The van der Waals surface area contributed by atoms with E-state index < -0.39 is 10.0 Å². The Bertz CT molecular complexity index is 946. The Hall–Kier alpha value is -1.71. The van der Waals surface area contributed by atoms with Crippen LogP contribution in [0.4, 0.5) is 5.82 Å². The number of rotatable bonds is 6. The van der Waals surface area contributed by atoms with Gasteiger partial charge in [-0.05, 0) is 49.5 Å². The number of nitrogens with one attached hydrogen (secondary N) is 1. The smallest absolute Gasteiger partial charge is 0.214 e. The van der Waals surface area contributed by atoms with Crippen LogP contribution in [0, 0.1) is 17.8 Å². The molecule has 1 aliphatic carbocycles. The molecule has 0 bridgehead atoms. The second kappa shape index (κ2) is 8.20. The van der Waals surface area contributed by atoms with Gasteiger partial charge in [0.25, 0.3) is 0 Å². The van der Waals surface area contributed by atoms with Gasteiger partial charge in [-0.2, -0.15) is 0 Å². The largest absolute Gasteiger partial charge is 0.396 e. The van der Waals surface area contributed by atoms with Crippen molar-refractivity contribution in [1.29, 1.82) is 0 Å². The Morgan fingerprint density at radius 3 is 2.83 bits per heavy atom. The molecule has 2 fully saturated rings. The molecule has 0 amide bonds. The Labute approximate surface area is 172 Å². The first-order valence-electron chi connectivity index (χ1n) is 10.5. The van der Waals surface area contributed by atoms with E-state index >= 15 is 0 Å². The van der Waals surface area contributed by atoms with Gasteiger partial charge < -0.3 is 15.0 Å². The molecule has 160 valence electrons. The summed E-state index contributed by atoms with van der Waals surface area (Å²) in [6, 6.07) is 2.33. The van der Waals surface area contributed by atoms with Gasteiger partial charge in [-0.15, -0.1) is 0 Å². The summed E-state index contributed by atoms with van der Waals surface area (Å²) in [5, 5.41) is 10.3. The van der Waals surface area contributed by atoms with Crippen LogP contribution in [0.25, 0.3) is 11.0 Å². The summed E-state index contributed by atoms with van der Waals surface area (Å²) >= 11 is 0. The van der Waals surface area contributed by atoms with Crippen molar-refractivity contribution in [2.75, 3.05) is 37.4 Å². The molecule has 9 heteroatoms. The summed E-state index contributed by atoms with van der Waals surface area (Å²) in [5.74, 6) is 1.80. The number of aromatic amines is 1. The van der Waals surface area contributed by atoms with E-state index in [2.05, 4.69) is 33.8 Å². The number of hydrogen-bond donors (Lipinski definition) is 2. The van der Waals surface area contributed by atoms with Crippen LogP contribution in [0.2, 0.25) is 0 Å². The van der Waals surface area contributed by atoms with Crippen molar-refractivity contribution < 1.29 is 13.5 Å². The van der Waals surface area contributed by atoms with Crippen LogP contribution in [0.1, 0.15) is 32.6 Å². The third-order valence-corrected chi connectivity index (χ3v) is 8.75. The highest BCUT2D eigenvalue weighted by Crippen LogP contribution is 2.36. The zero-order valence-corrected chi connectivity index (χ0v) is 18.0. The number of anilines is 1. The van der Waals surface area contributed by atoms with Gasteiger partial charge in [0, 0.05) is 39.0 Å². The molecule has 1 saturated carbocycles. The number of nitrogens with zero attached hydrogens (tertiary/aromatic N) is 4. The first kappa shape index (κ1) is 20.6. The zero-order chi connectivity index (χ0) is 20.6. The molecule has 2 N–H and O–H groups in total. The van der Waals surface area contributed by atoms with Crippen LogP contribution in [0.5, 0.6) is 0 Å². The minimum absolute atomic E-state index is 0.0674. The number of aliphatic hydroxyl groups excluding tert-OH is 1. The Balaban J connectivity index is 1.40. The summed E-state index contributed by atoms with van der Waals surface area (Å²) in [5.41, 5.74) is 0.834. The van der Waals surface area contributed by atoms with Gasteiger partial charge in [0.1, 0.15) is 17.8 Å². The van der Waals surface area contributed by atoms with Crippen LogP contribution in [-0.4, -0.2) is 71.3 Å². The van der Waals surface area contributed by atoms with Gasteiger partial charge >= 0.3 is 0 Å². The fourth-order valence-corrected chi connectivity index (χ4v) is 7.05. The average Bonchev–Trinajstić information content (AvgIpc) is 3.36. The van der Waals surface area contributed by atoms with Gasteiger partial charge in [0.05, 0.1) is 11.1 Å². The molecule has 3 unspecified atom stereocenters. The third kappa shape index (κ3) is 4.13.